The Balaban J connectivity index is 1.15. The number of amides is 1. The van der Waals surface area contributed by atoms with Gasteiger partial charge in [-0.2, -0.15) is 4.98 Å². The third-order valence-electron chi connectivity index (χ3n) is 5.87. The van der Waals surface area contributed by atoms with Crippen LogP contribution < -0.4 is 5.32 Å². The molecule has 2 aromatic carbocycles. The lowest BCUT2D eigenvalue weighted by Crippen LogP contribution is -2.40. The van der Waals surface area contributed by atoms with Crippen molar-refractivity contribution in [3.8, 4) is 11.4 Å². The molecule has 0 spiro atoms. The van der Waals surface area contributed by atoms with Gasteiger partial charge in [0.25, 0.3) is 0 Å². The van der Waals surface area contributed by atoms with Crippen molar-refractivity contribution in [2.75, 3.05) is 25.4 Å². The first kappa shape index (κ1) is 25.0. The van der Waals surface area contributed by atoms with Crippen LogP contribution in [0.2, 0.25) is 10.0 Å². The first-order valence-corrected chi connectivity index (χ1v) is 13.2. The maximum atomic E-state index is 12.6. The SMILES string of the molecule is Cc1ccc(SCCCNC(=O)C2CCN(Cc3nc(-c4ccc(Cl)cc4Cl)no3)CC2)cc1. The van der Waals surface area contributed by atoms with E-state index in [-0.39, 0.29) is 11.8 Å². The van der Waals surface area contributed by atoms with E-state index >= 15 is 0 Å². The monoisotopic (exact) mass is 518 g/mol. The van der Waals surface area contributed by atoms with Crippen LogP contribution >= 0.6 is 35.0 Å². The number of hydrogen-bond donors (Lipinski definition) is 1. The molecule has 0 unspecified atom stereocenters. The second-order valence-corrected chi connectivity index (χ2v) is 10.5. The van der Waals surface area contributed by atoms with Gasteiger partial charge < -0.3 is 9.84 Å². The van der Waals surface area contributed by atoms with Crippen LogP contribution in [0.1, 0.15) is 30.7 Å². The van der Waals surface area contributed by atoms with Crippen LogP contribution in [0.4, 0.5) is 0 Å². The molecule has 0 radical (unpaired) electrons. The van der Waals surface area contributed by atoms with Gasteiger partial charge in [-0.05, 0) is 75.4 Å². The molecule has 3 aromatic rings. The molecule has 1 N–H and O–H groups in total. The number of piperidine rings is 1. The smallest absolute Gasteiger partial charge is 0.241 e. The molecule has 1 fully saturated rings. The minimum Gasteiger partial charge on any atom is -0.356 e. The average molecular weight is 519 g/mol. The van der Waals surface area contributed by atoms with Crippen LogP contribution in [-0.2, 0) is 11.3 Å². The van der Waals surface area contributed by atoms with Crippen LogP contribution in [0.5, 0.6) is 0 Å². The predicted octanol–water partition coefficient (Wildman–Crippen LogP) is 5.86. The van der Waals surface area contributed by atoms with Crippen LogP contribution in [0, 0.1) is 12.8 Å². The summed E-state index contributed by atoms with van der Waals surface area (Å²) in [6, 6.07) is 13.7. The van der Waals surface area contributed by atoms with Crippen LogP contribution in [0.25, 0.3) is 11.4 Å². The number of rotatable bonds is 9. The Hall–Kier alpha value is -2.06. The van der Waals surface area contributed by atoms with Gasteiger partial charge in [-0.3, -0.25) is 9.69 Å². The number of hydrogen-bond acceptors (Lipinski definition) is 6. The van der Waals surface area contributed by atoms with Gasteiger partial charge in [-0.25, -0.2) is 0 Å². The van der Waals surface area contributed by atoms with E-state index < -0.39 is 0 Å². The van der Waals surface area contributed by atoms with Gasteiger partial charge in [0.2, 0.25) is 17.6 Å². The third-order valence-corrected chi connectivity index (χ3v) is 7.51. The normalized spacial score (nSPS) is 14.9. The third kappa shape index (κ3) is 6.98. The van der Waals surface area contributed by atoms with Gasteiger partial charge in [0, 0.05) is 27.9 Å². The van der Waals surface area contributed by atoms with Gasteiger partial charge in [-0.1, -0.05) is 46.1 Å². The second kappa shape index (κ2) is 12.1. The molecule has 0 aliphatic carbocycles. The largest absolute Gasteiger partial charge is 0.356 e. The number of halogens is 2. The average Bonchev–Trinajstić information content (AvgIpc) is 3.28. The zero-order valence-electron chi connectivity index (χ0n) is 19.1. The lowest BCUT2D eigenvalue weighted by molar-refractivity contribution is -0.126. The Morgan fingerprint density at radius 1 is 1.18 bits per heavy atom. The first-order valence-electron chi connectivity index (χ1n) is 11.5. The summed E-state index contributed by atoms with van der Waals surface area (Å²) in [6.07, 6.45) is 2.61. The highest BCUT2D eigenvalue weighted by Crippen LogP contribution is 2.29. The van der Waals surface area contributed by atoms with Crippen molar-refractivity contribution in [2.45, 2.75) is 37.6 Å². The lowest BCUT2D eigenvalue weighted by atomic mass is 9.96. The van der Waals surface area contributed by atoms with E-state index in [0.29, 0.717) is 33.9 Å². The number of nitrogens with one attached hydrogen (secondary N) is 1. The standard InChI is InChI=1S/C25H28Cl2N4O2S/c1-17-3-6-20(7-4-17)34-14-2-11-28-25(32)18-9-12-31(13-10-18)16-23-29-24(30-33-23)21-8-5-19(26)15-22(21)27/h3-8,15,18H,2,9-14,16H2,1H3,(H,28,32). The quantitative estimate of drug-likeness (QED) is 0.282. The van der Waals surface area contributed by atoms with Crippen LogP contribution in [-0.4, -0.2) is 46.3 Å². The highest BCUT2D eigenvalue weighted by atomic mass is 35.5. The summed E-state index contributed by atoms with van der Waals surface area (Å²) < 4.78 is 5.42. The second-order valence-electron chi connectivity index (χ2n) is 8.49. The van der Waals surface area contributed by atoms with Crippen molar-refractivity contribution in [1.82, 2.24) is 20.4 Å². The Labute approximate surface area is 214 Å². The van der Waals surface area contributed by atoms with Gasteiger partial charge >= 0.3 is 0 Å². The topological polar surface area (TPSA) is 71.3 Å². The molecule has 0 saturated carbocycles. The number of carbonyl (C=O) groups excluding carboxylic acids is 1. The fraction of sp³-hybridized carbons (Fsp3) is 0.400. The maximum Gasteiger partial charge on any atom is 0.241 e. The van der Waals surface area contributed by atoms with Crippen molar-refractivity contribution >= 4 is 40.9 Å². The zero-order valence-corrected chi connectivity index (χ0v) is 21.4. The Morgan fingerprint density at radius 2 is 1.94 bits per heavy atom. The Kier molecular flexibility index (Phi) is 8.89. The molecular weight excluding hydrogens is 491 g/mol. The van der Waals surface area contributed by atoms with E-state index in [1.54, 1.807) is 18.2 Å². The minimum atomic E-state index is 0.0621. The van der Waals surface area contributed by atoms with Crippen molar-refractivity contribution in [3.05, 3.63) is 64.0 Å². The molecule has 1 aliphatic heterocycles. The van der Waals surface area contributed by atoms with E-state index in [1.807, 2.05) is 11.8 Å². The summed E-state index contributed by atoms with van der Waals surface area (Å²) in [4.78, 5) is 20.5. The fourth-order valence-electron chi connectivity index (χ4n) is 3.90. The molecule has 9 heteroatoms. The van der Waals surface area contributed by atoms with E-state index in [9.17, 15) is 4.79 Å². The zero-order chi connectivity index (χ0) is 23.9. The Bertz CT molecular complexity index is 1100. The van der Waals surface area contributed by atoms with Crippen LogP contribution in [0.3, 0.4) is 0 Å². The van der Waals surface area contributed by atoms with E-state index in [1.165, 1.54) is 10.5 Å². The lowest BCUT2D eigenvalue weighted by Gasteiger charge is -2.30. The molecule has 4 rings (SSSR count). The van der Waals surface area contributed by atoms with Gasteiger partial charge in [-0.15, -0.1) is 11.8 Å². The molecule has 1 saturated heterocycles. The highest BCUT2D eigenvalue weighted by molar-refractivity contribution is 7.99. The molecule has 34 heavy (non-hydrogen) atoms. The summed E-state index contributed by atoms with van der Waals surface area (Å²) in [5.41, 5.74) is 1.96. The number of carbonyl (C=O) groups is 1. The molecule has 1 amide bonds. The summed E-state index contributed by atoms with van der Waals surface area (Å²) in [6.45, 7) is 5.01. The molecule has 0 bridgehead atoms. The molecule has 1 aliphatic rings. The fourth-order valence-corrected chi connectivity index (χ4v) is 5.24. The van der Waals surface area contributed by atoms with Crippen molar-refractivity contribution < 1.29 is 9.32 Å². The van der Waals surface area contributed by atoms with Crippen LogP contribution in [0.15, 0.2) is 51.9 Å². The molecule has 180 valence electrons. The summed E-state index contributed by atoms with van der Waals surface area (Å²) >= 11 is 14.0. The van der Waals surface area contributed by atoms with E-state index in [2.05, 4.69) is 51.5 Å². The first-order chi connectivity index (χ1) is 16.5. The Morgan fingerprint density at radius 3 is 2.68 bits per heavy atom. The molecule has 0 atom stereocenters. The molecular formula is C25H28Cl2N4O2S. The van der Waals surface area contributed by atoms with E-state index in [0.717, 1.165) is 44.6 Å². The summed E-state index contributed by atoms with van der Waals surface area (Å²) in [7, 11) is 0. The van der Waals surface area contributed by atoms with Gasteiger partial charge in [0.05, 0.1) is 11.6 Å². The predicted molar refractivity (Wildman–Crippen MR) is 137 cm³/mol. The highest BCUT2D eigenvalue weighted by Gasteiger charge is 2.26. The van der Waals surface area contributed by atoms with Gasteiger partial charge in [0.1, 0.15) is 0 Å². The minimum absolute atomic E-state index is 0.0621. The summed E-state index contributed by atoms with van der Waals surface area (Å²) in [5.74, 6) is 2.21. The molecule has 6 nitrogen and oxygen atoms in total. The summed E-state index contributed by atoms with van der Waals surface area (Å²) in [5, 5.41) is 8.21. The number of benzene rings is 2. The number of likely N-dealkylation sites (tertiary alicyclic amines) is 1. The van der Waals surface area contributed by atoms with Crippen molar-refractivity contribution in [2.24, 2.45) is 5.92 Å². The number of nitrogens with zero attached hydrogens (tertiary/aromatic N) is 3. The van der Waals surface area contributed by atoms with Crippen molar-refractivity contribution in [1.29, 1.82) is 0 Å². The number of aromatic nitrogens is 2. The number of thioether (sulfide) groups is 1. The number of aryl methyl sites for hydroxylation is 1. The molecule has 2 heterocycles. The maximum absolute atomic E-state index is 12.6. The van der Waals surface area contributed by atoms with Gasteiger partial charge in [0.15, 0.2) is 0 Å². The van der Waals surface area contributed by atoms with E-state index in [4.69, 9.17) is 27.7 Å². The van der Waals surface area contributed by atoms with Crippen molar-refractivity contribution in [3.63, 3.8) is 0 Å². The molecule has 1 aromatic heterocycles.